The van der Waals surface area contributed by atoms with Crippen molar-refractivity contribution >= 4 is 29.2 Å². The van der Waals surface area contributed by atoms with Crippen LogP contribution < -0.4 is 16.0 Å². The summed E-state index contributed by atoms with van der Waals surface area (Å²) < 4.78 is 19.3. The average molecular weight is 469 g/mol. The van der Waals surface area contributed by atoms with Crippen molar-refractivity contribution < 1.29 is 18.7 Å². The number of pyridine rings is 1. The molecule has 0 bridgehead atoms. The van der Waals surface area contributed by atoms with Gasteiger partial charge in [-0.2, -0.15) is 0 Å². The van der Waals surface area contributed by atoms with E-state index in [2.05, 4.69) is 16.0 Å². The van der Waals surface area contributed by atoms with Gasteiger partial charge in [0.05, 0.1) is 12.0 Å². The van der Waals surface area contributed by atoms with Crippen LogP contribution in [0.1, 0.15) is 74.4 Å². The number of aromatic nitrogens is 1. The molecular formula is C26H33FN4O3. The highest BCUT2D eigenvalue weighted by Gasteiger charge is 2.31. The van der Waals surface area contributed by atoms with Crippen molar-refractivity contribution in [2.45, 2.75) is 78.0 Å². The first-order valence-corrected chi connectivity index (χ1v) is 11.9. The summed E-state index contributed by atoms with van der Waals surface area (Å²) >= 11 is 0. The molecule has 2 aliphatic rings. The highest BCUT2D eigenvalue weighted by atomic mass is 19.1. The summed E-state index contributed by atoms with van der Waals surface area (Å²) in [5, 5.41) is 9.58. The van der Waals surface area contributed by atoms with Gasteiger partial charge in [0.2, 0.25) is 0 Å². The molecule has 1 aliphatic carbocycles. The van der Waals surface area contributed by atoms with E-state index in [9.17, 15) is 14.0 Å². The van der Waals surface area contributed by atoms with Gasteiger partial charge >= 0.3 is 5.97 Å². The van der Waals surface area contributed by atoms with Crippen molar-refractivity contribution in [3.05, 3.63) is 46.8 Å². The van der Waals surface area contributed by atoms with E-state index in [0.717, 1.165) is 31.2 Å². The quantitative estimate of drug-likeness (QED) is 0.504. The maximum absolute atomic E-state index is 13.7. The molecule has 2 aromatic rings. The molecule has 0 saturated heterocycles. The van der Waals surface area contributed by atoms with E-state index in [1.165, 1.54) is 6.07 Å². The lowest BCUT2D eigenvalue weighted by molar-refractivity contribution is -0.156. The second-order valence-electron chi connectivity index (χ2n) is 10.2. The van der Waals surface area contributed by atoms with Crippen molar-refractivity contribution in [1.82, 2.24) is 10.3 Å². The van der Waals surface area contributed by atoms with Crippen molar-refractivity contribution in [1.29, 1.82) is 0 Å². The number of halogens is 1. The highest BCUT2D eigenvalue weighted by Crippen LogP contribution is 2.33. The van der Waals surface area contributed by atoms with E-state index in [4.69, 9.17) is 9.72 Å². The van der Waals surface area contributed by atoms with Gasteiger partial charge in [-0.3, -0.25) is 9.59 Å². The predicted octanol–water partition coefficient (Wildman–Crippen LogP) is 5.22. The number of hydrogen-bond donors (Lipinski definition) is 3. The fourth-order valence-electron chi connectivity index (χ4n) is 4.71. The molecule has 7 nitrogen and oxygen atoms in total. The van der Waals surface area contributed by atoms with E-state index >= 15 is 0 Å². The minimum Gasteiger partial charge on any atom is -0.460 e. The number of nitrogens with zero attached hydrogens (tertiary/aromatic N) is 1. The second kappa shape index (κ2) is 9.60. The van der Waals surface area contributed by atoms with Crippen molar-refractivity contribution in [2.24, 2.45) is 5.92 Å². The lowest BCUT2D eigenvalue weighted by atomic mass is 9.82. The number of fused-ring (bicyclic) bond motifs is 1. The van der Waals surface area contributed by atoms with Crippen LogP contribution in [0.2, 0.25) is 0 Å². The Bertz CT molecular complexity index is 1100. The van der Waals surface area contributed by atoms with Gasteiger partial charge in [0.1, 0.15) is 23.1 Å². The lowest BCUT2D eigenvalue weighted by Crippen LogP contribution is -2.35. The van der Waals surface area contributed by atoms with E-state index in [0.29, 0.717) is 41.4 Å². The van der Waals surface area contributed by atoms with Gasteiger partial charge in [-0.25, -0.2) is 9.37 Å². The van der Waals surface area contributed by atoms with Gasteiger partial charge in [0.15, 0.2) is 0 Å². The summed E-state index contributed by atoms with van der Waals surface area (Å²) in [6.45, 7) is 7.75. The third-order valence-electron chi connectivity index (χ3n) is 6.28. The molecule has 3 N–H and O–H groups in total. The van der Waals surface area contributed by atoms with Crippen LogP contribution in [0.3, 0.4) is 0 Å². The molecule has 1 amide bonds. The minimum atomic E-state index is -0.505. The third-order valence-corrected chi connectivity index (χ3v) is 6.28. The van der Waals surface area contributed by atoms with Crippen molar-refractivity contribution in [3.8, 4) is 0 Å². The summed E-state index contributed by atoms with van der Waals surface area (Å²) in [7, 11) is 0. The first-order chi connectivity index (χ1) is 16.1. The summed E-state index contributed by atoms with van der Waals surface area (Å²) in [6, 6.07) is 6.69. The summed E-state index contributed by atoms with van der Waals surface area (Å²) in [4.78, 5) is 29.7. The lowest BCUT2D eigenvalue weighted by Gasteiger charge is -2.33. The Hall–Kier alpha value is -3.16. The number of aryl methyl sites for hydroxylation is 1. The third kappa shape index (κ3) is 5.66. The van der Waals surface area contributed by atoms with Gasteiger partial charge in [0, 0.05) is 18.3 Å². The van der Waals surface area contributed by atoms with Crippen LogP contribution in [0.15, 0.2) is 24.3 Å². The van der Waals surface area contributed by atoms with Gasteiger partial charge < -0.3 is 20.7 Å². The fourth-order valence-corrected chi connectivity index (χ4v) is 4.71. The molecule has 34 heavy (non-hydrogen) atoms. The zero-order valence-corrected chi connectivity index (χ0v) is 20.3. The number of amides is 1. The van der Waals surface area contributed by atoms with Crippen LogP contribution in [0.4, 0.5) is 21.7 Å². The molecule has 1 fully saturated rings. The molecule has 182 valence electrons. The number of carbonyl (C=O) groups is 2. The molecule has 0 spiro atoms. The number of nitrogens with one attached hydrogen (secondary N) is 3. The Morgan fingerprint density at radius 1 is 1.24 bits per heavy atom. The molecule has 2 heterocycles. The molecule has 4 rings (SSSR count). The molecule has 0 radical (unpaired) electrons. The Balaban J connectivity index is 1.56. The molecule has 8 heteroatoms. The van der Waals surface area contributed by atoms with Crippen LogP contribution in [-0.2, 0) is 16.1 Å². The SMILES string of the molecule is Cc1cc(Nc2nc(N[C@@H]3CCCC[C@@H]3CC(=O)OC(C)(C)C)cc3c2C(=O)NC3)ccc1F. The van der Waals surface area contributed by atoms with Gasteiger partial charge in [-0.15, -0.1) is 0 Å². The Morgan fingerprint density at radius 2 is 2.00 bits per heavy atom. The predicted molar refractivity (Wildman–Crippen MR) is 130 cm³/mol. The number of anilines is 3. The monoisotopic (exact) mass is 468 g/mol. The number of hydrogen-bond acceptors (Lipinski definition) is 6. The largest absolute Gasteiger partial charge is 0.460 e. The first-order valence-electron chi connectivity index (χ1n) is 11.9. The normalized spacial score (nSPS) is 19.9. The molecular weight excluding hydrogens is 435 g/mol. The standard InChI is InChI=1S/C26H33FN4O3/c1-15-11-18(9-10-19(15)27)29-24-23-17(14-28-25(23)33)12-21(31-24)30-20-8-6-5-7-16(20)13-22(32)34-26(2,3)4/h9-12,16,20H,5-8,13-14H2,1-4H3,(H,28,33)(H2,29,30,31)/t16-,20-/m1/s1. The van der Waals surface area contributed by atoms with Crippen LogP contribution in [0.5, 0.6) is 0 Å². The van der Waals surface area contributed by atoms with E-state index in [1.54, 1.807) is 19.1 Å². The number of benzene rings is 1. The number of esters is 1. The van der Waals surface area contributed by atoms with E-state index in [1.807, 2.05) is 26.8 Å². The molecule has 1 aromatic carbocycles. The molecule has 0 unspecified atom stereocenters. The zero-order chi connectivity index (χ0) is 24.5. The van der Waals surface area contributed by atoms with Gasteiger partial charge in [0.25, 0.3) is 5.91 Å². The molecule has 1 aliphatic heterocycles. The smallest absolute Gasteiger partial charge is 0.306 e. The summed E-state index contributed by atoms with van der Waals surface area (Å²) in [5.74, 6) is 0.575. The summed E-state index contributed by atoms with van der Waals surface area (Å²) in [6.07, 6.45) is 4.40. The van der Waals surface area contributed by atoms with Crippen molar-refractivity contribution in [3.63, 3.8) is 0 Å². The van der Waals surface area contributed by atoms with E-state index < -0.39 is 5.60 Å². The second-order valence-corrected chi connectivity index (χ2v) is 10.2. The Morgan fingerprint density at radius 3 is 2.74 bits per heavy atom. The van der Waals surface area contributed by atoms with Crippen molar-refractivity contribution in [2.75, 3.05) is 10.6 Å². The van der Waals surface area contributed by atoms with Crippen LogP contribution in [-0.4, -0.2) is 28.5 Å². The molecule has 1 aromatic heterocycles. The number of carbonyl (C=O) groups excluding carboxylic acids is 2. The maximum atomic E-state index is 13.7. The Kier molecular flexibility index (Phi) is 6.77. The van der Waals surface area contributed by atoms with Crippen LogP contribution in [0.25, 0.3) is 0 Å². The average Bonchev–Trinajstić information content (AvgIpc) is 3.12. The van der Waals surface area contributed by atoms with Crippen LogP contribution in [0, 0.1) is 18.7 Å². The van der Waals surface area contributed by atoms with E-state index in [-0.39, 0.29) is 29.7 Å². The number of rotatable bonds is 6. The maximum Gasteiger partial charge on any atom is 0.306 e. The zero-order valence-electron chi connectivity index (χ0n) is 20.3. The highest BCUT2D eigenvalue weighted by molar-refractivity contribution is 6.03. The molecule has 2 atom stereocenters. The minimum absolute atomic E-state index is 0.0813. The topological polar surface area (TPSA) is 92.3 Å². The first kappa shape index (κ1) is 24.0. The fraction of sp³-hybridized carbons (Fsp3) is 0.500. The van der Waals surface area contributed by atoms with Gasteiger partial charge in [-0.05, 0) is 81.8 Å². The summed E-state index contributed by atoms with van der Waals surface area (Å²) in [5.41, 5.74) is 2.01. The van der Waals surface area contributed by atoms with Gasteiger partial charge in [-0.1, -0.05) is 12.8 Å². The Labute approximate surface area is 199 Å². The molecule has 1 saturated carbocycles. The number of ether oxygens (including phenoxy) is 1. The van der Waals surface area contributed by atoms with Crippen LogP contribution >= 0.6 is 0 Å².